The Labute approximate surface area is 133 Å². The Bertz CT molecular complexity index is 719. The van der Waals surface area contributed by atoms with Crippen LogP contribution in [0.2, 0.25) is 0 Å². The smallest absolute Gasteiger partial charge is 0.202 e. The first-order chi connectivity index (χ1) is 10.8. The van der Waals surface area contributed by atoms with Gasteiger partial charge in [-0.3, -0.25) is 0 Å². The maximum Gasteiger partial charge on any atom is 0.202 e. The number of phenolic OH excluding ortho intramolecular Hbond substituents is 1. The van der Waals surface area contributed by atoms with Crippen molar-refractivity contribution in [1.29, 1.82) is 0 Å². The Hall–Kier alpha value is -1.34. The van der Waals surface area contributed by atoms with E-state index in [0.29, 0.717) is 25.0 Å². The van der Waals surface area contributed by atoms with Gasteiger partial charge < -0.3 is 30.1 Å². The highest BCUT2D eigenvalue weighted by Crippen LogP contribution is 2.66. The van der Waals surface area contributed by atoms with Gasteiger partial charge in [-0.1, -0.05) is 6.07 Å². The van der Waals surface area contributed by atoms with Crippen LogP contribution in [-0.4, -0.2) is 62.5 Å². The molecule has 1 saturated carbocycles. The first-order valence-electron chi connectivity index (χ1n) is 8.21. The summed E-state index contributed by atoms with van der Waals surface area (Å²) in [5.74, 6) is -1.68. The molecule has 4 N–H and O–H groups in total. The van der Waals surface area contributed by atoms with Gasteiger partial charge in [0.1, 0.15) is 0 Å². The normalized spacial score (nSPS) is 43.0. The summed E-state index contributed by atoms with van der Waals surface area (Å²) in [5.41, 5.74) is -0.125. The van der Waals surface area contributed by atoms with Gasteiger partial charge in [-0.25, -0.2) is 0 Å². The molecule has 2 bridgehead atoms. The van der Waals surface area contributed by atoms with E-state index >= 15 is 0 Å². The third kappa shape index (κ3) is 1.33. The van der Waals surface area contributed by atoms with Crippen LogP contribution in [0.1, 0.15) is 30.4 Å². The molecule has 23 heavy (non-hydrogen) atoms. The average molecular weight is 319 g/mol. The average Bonchev–Trinajstić information content (AvgIpc) is 2.86. The molecule has 2 aliphatic carbocycles. The Morgan fingerprint density at radius 3 is 2.74 bits per heavy atom. The second-order valence-electron chi connectivity index (χ2n) is 7.67. The molecule has 4 aliphatic rings. The molecular formula is C17H21NO5. The quantitative estimate of drug-likeness (QED) is 0.497. The van der Waals surface area contributed by atoms with E-state index in [4.69, 9.17) is 4.74 Å². The van der Waals surface area contributed by atoms with E-state index in [9.17, 15) is 20.4 Å². The Kier molecular flexibility index (Phi) is 2.34. The Morgan fingerprint density at radius 2 is 1.96 bits per heavy atom. The lowest BCUT2D eigenvalue weighted by atomic mass is 9.48. The van der Waals surface area contributed by atoms with E-state index in [1.807, 2.05) is 13.1 Å². The van der Waals surface area contributed by atoms with Crippen LogP contribution in [0.15, 0.2) is 12.1 Å². The molecule has 1 aromatic carbocycles. The van der Waals surface area contributed by atoms with Gasteiger partial charge in [-0.05, 0) is 44.5 Å². The van der Waals surface area contributed by atoms with Crippen LogP contribution >= 0.6 is 0 Å². The second-order valence-corrected chi connectivity index (χ2v) is 7.67. The van der Waals surface area contributed by atoms with E-state index in [2.05, 4.69) is 4.90 Å². The number of phenols is 1. The van der Waals surface area contributed by atoms with Crippen molar-refractivity contribution in [3.63, 3.8) is 0 Å². The fraction of sp³-hybridized carbons (Fsp3) is 0.647. The lowest BCUT2D eigenvalue weighted by Gasteiger charge is -2.64. The summed E-state index contributed by atoms with van der Waals surface area (Å²) in [4.78, 5) is 2.16. The van der Waals surface area contributed by atoms with Crippen LogP contribution in [0.5, 0.6) is 11.5 Å². The zero-order valence-corrected chi connectivity index (χ0v) is 13.0. The number of aromatic hydroxyl groups is 1. The first-order valence-corrected chi connectivity index (χ1v) is 8.21. The molecule has 2 aliphatic heterocycles. The Morgan fingerprint density at radius 1 is 1.17 bits per heavy atom. The Balaban J connectivity index is 1.87. The maximum atomic E-state index is 11.7. The maximum absolute atomic E-state index is 11.7. The van der Waals surface area contributed by atoms with Gasteiger partial charge in [0.2, 0.25) is 5.79 Å². The number of hydrogen-bond acceptors (Lipinski definition) is 6. The number of piperidine rings is 1. The molecule has 6 nitrogen and oxygen atoms in total. The second kappa shape index (κ2) is 3.83. The molecule has 0 radical (unpaired) electrons. The molecule has 1 spiro atoms. The number of likely N-dealkylation sites (N-methyl/N-ethyl adjacent to an activating group) is 1. The first kappa shape index (κ1) is 14.0. The molecule has 0 unspecified atom stereocenters. The molecular weight excluding hydrogens is 298 g/mol. The highest BCUT2D eigenvalue weighted by Gasteiger charge is 2.75. The zero-order chi connectivity index (χ0) is 16.2. The van der Waals surface area contributed by atoms with Crippen molar-refractivity contribution in [2.75, 3.05) is 13.6 Å². The third-order valence-electron chi connectivity index (χ3n) is 6.77. The lowest BCUT2D eigenvalue weighted by Crippen LogP contribution is -2.78. The van der Waals surface area contributed by atoms with Crippen molar-refractivity contribution < 1.29 is 25.2 Å². The van der Waals surface area contributed by atoms with E-state index in [1.165, 1.54) is 0 Å². The van der Waals surface area contributed by atoms with Crippen LogP contribution in [-0.2, 0) is 11.8 Å². The fourth-order valence-electron chi connectivity index (χ4n) is 5.74. The molecule has 0 aromatic heterocycles. The third-order valence-corrected chi connectivity index (χ3v) is 6.77. The van der Waals surface area contributed by atoms with Crippen LogP contribution in [0, 0.1) is 0 Å². The summed E-state index contributed by atoms with van der Waals surface area (Å²) in [6.45, 7) is 0.747. The van der Waals surface area contributed by atoms with Crippen LogP contribution in [0.25, 0.3) is 0 Å². The standard InChI is InChI=1S/C17H21NO5/c1-18-7-6-15-12-9-2-3-10(19)13(12)23-14(15)17(21,22)5-4-16(15,20)11(18)8-9/h2-3,11,14,19-22H,4-8H2,1H3/t11-,14-,15+,16-/m1/s1. The highest BCUT2D eigenvalue weighted by molar-refractivity contribution is 5.62. The minimum Gasteiger partial charge on any atom is -0.504 e. The molecule has 2 heterocycles. The SMILES string of the molecule is CN1CC[C@]23c4c5ccc(O)c4O[C@H]2C(O)(O)CC[C@@]3(O)[C@H]1C5. The summed E-state index contributed by atoms with van der Waals surface area (Å²) < 4.78 is 5.90. The van der Waals surface area contributed by atoms with Crippen molar-refractivity contribution in [1.82, 2.24) is 4.90 Å². The zero-order valence-electron chi connectivity index (χ0n) is 13.0. The van der Waals surface area contributed by atoms with Gasteiger partial charge in [0.05, 0.1) is 11.0 Å². The van der Waals surface area contributed by atoms with E-state index in [-0.39, 0.29) is 18.2 Å². The molecule has 6 heteroatoms. The summed E-state index contributed by atoms with van der Waals surface area (Å²) in [5, 5.41) is 43.0. The summed E-state index contributed by atoms with van der Waals surface area (Å²) in [6.07, 6.45) is 0.672. The summed E-state index contributed by atoms with van der Waals surface area (Å²) in [7, 11) is 2.01. The highest BCUT2D eigenvalue weighted by atomic mass is 16.6. The van der Waals surface area contributed by atoms with E-state index < -0.39 is 22.9 Å². The molecule has 1 aromatic rings. The van der Waals surface area contributed by atoms with Gasteiger partial charge in [-0.15, -0.1) is 0 Å². The molecule has 124 valence electrons. The number of rotatable bonds is 0. The number of hydrogen-bond donors (Lipinski definition) is 4. The van der Waals surface area contributed by atoms with Crippen molar-refractivity contribution in [3.8, 4) is 11.5 Å². The number of aliphatic hydroxyl groups is 3. The van der Waals surface area contributed by atoms with Gasteiger partial charge >= 0.3 is 0 Å². The van der Waals surface area contributed by atoms with Crippen LogP contribution in [0.4, 0.5) is 0 Å². The predicted octanol–water partition coefficient (Wildman–Crippen LogP) is -0.143. The number of nitrogens with zero attached hydrogens (tertiary/aromatic N) is 1. The number of likely N-dealkylation sites (tertiary alicyclic amines) is 1. The largest absolute Gasteiger partial charge is 0.504 e. The molecule has 2 fully saturated rings. The van der Waals surface area contributed by atoms with E-state index in [1.54, 1.807) is 6.07 Å². The van der Waals surface area contributed by atoms with Crippen molar-refractivity contribution >= 4 is 0 Å². The lowest BCUT2D eigenvalue weighted by molar-refractivity contribution is -0.299. The van der Waals surface area contributed by atoms with Gasteiger partial charge in [0.15, 0.2) is 17.6 Å². The number of ether oxygens (including phenoxy) is 1. The topological polar surface area (TPSA) is 93.4 Å². The van der Waals surface area contributed by atoms with Crippen molar-refractivity contribution in [2.24, 2.45) is 0 Å². The minimum atomic E-state index is -2.01. The van der Waals surface area contributed by atoms with Gasteiger partial charge in [0.25, 0.3) is 0 Å². The van der Waals surface area contributed by atoms with Crippen LogP contribution in [0.3, 0.4) is 0 Å². The fourth-order valence-corrected chi connectivity index (χ4v) is 5.74. The minimum absolute atomic E-state index is 0.00283. The van der Waals surface area contributed by atoms with Crippen molar-refractivity contribution in [2.45, 2.75) is 54.6 Å². The van der Waals surface area contributed by atoms with Crippen molar-refractivity contribution in [3.05, 3.63) is 23.3 Å². The van der Waals surface area contributed by atoms with E-state index in [0.717, 1.165) is 17.7 Å². The predicted molar refractivity (Wildman–Crippen MR) is 80.3 cm³/mol. The molecule has 5 rings (SSSR count). The number of benzene rings is 1. The molecule has 1 saturated heterocycles. The summed E-state index contributed by atoms with van der Waals surface area (Å²) in [6, 6.07) is 3.39. The summed E-state index contributed by atoms with van der Waals surface area (Å²) >= 11 is 0. The van der Waals surface area contributed by atoms with Gasteiger partial charge in [0, 0.05) is 18.0 Å². The monoisotopic (exact) mass is 319 g/mol. The molecule has 0 amide bonds. The van der Waals surface area contributed by atoms with Gasteiger partial charge in [-0.2, -0.15) is 0 Å². The molecule has 4 atom stereocenters. The van der Waals surface area contributed by atoms with Crippen LogP contribution < -0.4 is 4.74 Å².